The Labute approximate surface area is 111 Å². The summed E-state index contributed by atoms with van der Waals surface area (Å²) in [7, 11) is 0. The Morgan fingerprint density at radius 3 is 2.89 bits per heavy atom. The summed E-state index contributed by atoms with van der Waals surface area (Å²) in [5.74, 6) is 0.529. The van der Waals surface area contributed by atoms with E-state index in [9.17, 15) is 4.79 Å². The van der Waals surface area contributed by atoms with Gasteiger partial charge in [-0.05, 0) is 11.5 Å². The lowest BCUT2D eigenvalue weighted by Gasteiger charge is -2.19. The van der Waals surface area contributed by atoms with E-state index in [0.29, 0.717) is 13.0 Å². The lowest BCUT2D eigenvalue weighted by Crippen LogP contribution is -2.26. The molecule has 0 fully saturated rings. The fourth-order valence-corrected chi connectivity index (χ4v) is 2.17. The number of hydrogen-bond acceptors (Lipinski definition) is 3. The minimum absolute atomic E-state index is 0.198. The van der Waals surface area contributed by atoms with Crippen molar-refractivity contribution in [2.45, 2.75) is 12.5 Å². The van der Waals surface area contributed by atoms with E-state index < -0.39 is 0 Å². The van der Waals surface area contributed by atoms with Crippen molar-refractivity contribution in [1.82, 2.24) is 0 Å². The molecule has 96 valence electrons. The Hall–Kier alpha value is -2.29. The highest BCUT2D eigenvalue weighted by Gasteiger charge is 2.16. The van der Waals surface area contributed by atoms with Crippen molar-refractivity contribution in [1.29, 1.82) is 0 Å². The van der Waals surface area contributed by atoms with Crippen molar-refractivity contribution in [3.8, 4) is 5.75 Å². The van der Waals surface area contributed by atoms with Crippen LogP contribution in [0.2, 0.25) is 0 Å². The summed E-state index contributed by atoms with van der Waals surface area (Å²) in [4.78, 5) is 11.1. The summed E-state index contributed by atoms with van der Waals surface area (Å²) < 4.78 is 11.0. The van der Waals surface area contributed by atoms with Gasteiger partial charge in [0.25, 0.3) is 0 Å². The number of benzene rings is 2. The van der Waals surface area contributed by atoms with E-state index in [4.69, 9.17) is 9.47 Å². The van der Waals surface area contributed by atoms with Gasteiger partial charge in [0.05, 0.1) is 0 Å². The van der Waals surface area contributed by atoms with Crippen LogP contribution < -0.4 is 4.74 Å². The normalized spacial score (nSPS) is 18.3. The highest BCUT2D eigenvalue weighted by atomic mass is 16.6. The number of carbonyl (C=O) groups is 1. The molecule has 1 heterocycles. The average molecular weight is 254 g/mol. The van der Waals surface area contributed by atoms with E-state index in [1.165, 1.54) is 6.08 Å². The second-order valence-corrected chi connectivity index (χ2v) is 4.49. The number of hydrogen-bond donors (Lipinski definition) is 0. The van der Waals surface area contributed by atoms with Crippen LogP contribution in [0.5, 0.6) is 5.75 Å². The number of ether oxygens (including phenoxy) is 2. The van der Waals surface area contributed by atoms with Crippen molar-refractivity contribution in [2.24, 2.45) is 0 Å². The molecule has 0 aliphatic carbocycles. The molecule has 0 saturated heterocycles. The fourth-order valence-electron chi connectivity index (χ4n) is 2.17. The number of carbonyl (C=O) groups excluding carboxylic acids is 1. The first kappa shape index (κ1) is 11.8. The molecule has 19 heavy (non-hydrogen) atoms. The molecule has 0 spiro atoms. The molecule has 0 saturated carbocycles. The molecule has 3 nitrogen and oxygen atoms in total. The smallest absolute Gasteiger partial charge is 0.330 e. The van der Waals surface area contributed by atoms with E-state index in [0.717, 1.165) is 16.5 Å². The van der Waals surface area contributed by atoms with Gasteiger partial charge in [-0.15, -0.1) is 0 Å². The zero-order chi connectivity index (χ0) is 13.1. The van der Waals surface area contributed by atoms with Crippen molar-refractivity contribution in [3.63, 3.8) is 0 Å². The zero-order valence-electron chi connectivity index (χ0n) is 10.4. The van der Waals surface area contributed by atoms with Crippen molar-refractivity contribution >= 4 is 16.7 Å². The summed E-state index contributed by atoms with van der Waals surface area (Å²) >= 11 is 0. The summed E-state index contributed by atoms with van der Waals surface area (Å²) in [6.45, 7) is 0.379. The largest absolute Gasteiger partial charge is 0.489 e. The summed E-state index contributed by atoms with van der Waals surface area (Å²) in [5, 5.41) is 2.21. The highest BCUT2D eigenvalue weighted by molar-refractivity contribution is 5.88. The van der Waals surface area contributed by atoms with Gasteiger partial charge in [0, 0.05) is 17.9 Å². The maximum Gasteiger partial charge on any atom is 0.330 e. The lowest BCUT2D eigenvalue weighted by molar-refractivity contribution is -0.145. The Morgan fingerprint density at radius 1 is 1.16 bits per heavy atom. The van der Waals surface area contributed by atoms with Crippen molar-refractivity contribution < 1.29 is 14.3 Å². The Kier molecular flexibility index (Phi) is 3.19. The quantitative estimate of drug-likeness (QED) is 0.789. The van der Waals surface area contributed by atoms with Crippen LogP contribution in [0.3, 0.4) is 0 Å². The monoisotopic (exact) mass is 254 g/mol. The summed E-state index contributed by atoms with van der Waals surface area (Å²) in [6, 6.07) is 14.0. The van der Waals surface area contributed by atoms with E-state index >= 15 is 0 Å². The standard InChI is InChI=1S/C16H14O3/c17-16-10-4-7-13(19-16)11-18-15-9-3-6-12-5-1-2-8-14(12)15/h1-6,8-10,13H,7,11H2/t13-/m1/s1. The van der Waals surface area contributed by atoms with E-state index in [-0.39, 0.29) is 12.1 Å². The molecule has 0 N–H and O–H groups in total. The summed E-state index contributed by atoms with van der Waals surface area (Å²) in [5.41, 5.74) is 0. The highest BCUT2D eigenvalue weighted by Crippen LogP contribution is 2.25. The van der Waals surface area contributed by atoms with Crippen LogP contribution in [0, 0.1) is 0 Å². The first-order valence-electron chi connectivity index (χ1n) is 6.30. The van der Waals surface area contributed by atoms with Crippen LogP contribution in [0.15, 0.2) is 54.6 Å². The predicted octanol–water partition coefficient (Wildman–Crippen LogP) is 3.09. The molecule has 1 atom stereocenters. The van der Waals surface area contributed by atoms with Gasteiger partial charge in [0.15, 0.2) is 0 Å². The molecule has 2 aromatic carbocycles. The summed E-state index contributed by atoms with van der Waals surface area (Å²) in [6.07, 6.45) is 3.78. The van der Waals surface area contributed by atoms with Crippen LogP contribution >= 0.6 is 0 Å². The van der Waals surface area contributed by atoms with Crippen molar-refractivity contribution in [3.05, 3.63) is 54.6 Å². The minimum Gasteiger partial charge on any atom is -0.489 e. The van der Waals surface area contributed by atoms with Crippen molar-refractivity contribution in [2.75, 3.05) is 6.61 Å². The third-order valence-corrected chi connectivity index (χ3v) is 3.11. The van der Waals surface area contributed by atoms with Gasteiger partial charge in [0.2, 0.25) is 0 Å². The molecule has 0 amide bonds. The van der Waals surface area contributed by atoms with Crippen LogP contribution in [-0.2, 0) is 9.53 Å². The molecule has 2 aromatic rings. The maximum atomic E-state index is 11.1. The van der Waals surface area contributed by atoms with E-state index in [2.05, 4.69) is 0 Å². The van der Waals surface area contributed by atoms with Gasteiger partial charge in [-0.2, -0.15) is 0 Å². The molecule has 1 aliphatic rings. The third kappa shape index (κ3) is 2.60. The van der Waals surface area contributed by atoms with Crippen LogP contribution in [0.4, 0.5) is 0 Å². The van der Waals surface area contributed by atoms with Crippen LogP contribution in [-0.4, -0.2) is 18.7 Å². The van der Waals surface area contributed by atoms with Gasteiger partial charge < -0.3 is 9.47 Å². The Balaban J connectivity index is 1.75. The van der Waals surface area contributed by atoms with Gasteiger partial charge in [-0.3, -0.25) is 0 Å². The average Bonchev–Trinajstić information content (AvgIpc) is 2.45. The van der Waals surface area contributed by atoms with Gasteiger partial charge in [-0.25, -0.2) is 4.79 Å². The van der Waals surface area contributed by atoms with Gasteiger partial charge in [-0.1, -0.05) is 42.5 Å². The Morgan fingerprint density at radius 2 is 2.00 bits per heavy atom. The van der Waals surface area contributed by atoms with E-state index in [1.807, 2.05) is 48.5 Å². The second kappa shape index (κ2) is 5.14. The van der Waals surface area contributed by atoms with Gasteiger partial charge >= 0.3 is 5.97 Å². The molecule has 3 rings (SSSR count). The minimum atomic E-state index is -0.294. The number of esters is 1. The van der Waals surface area contributed by atoms with E-state index in [1.54, 1.807) is 0 Å². The van der Waals surface area contributed by atoms with Gasteiger partial charge in [0.1, 0.15) is 18.5 Å². The SMILES string of the molecule is O=C1C=CC[C@H](COc2cccc3ccccc23)O1. The first-order chi connectivity index (χ1) is 9.33. The molecule has 1 aliphatic heterocycles. The van der Waals surface area contributed by atoms with Crippen LogP contribution in [0.25, 0.3) is 10.8 Å². The Bertz CT molecular complexity index is 625. The molecular weight excluding hydrogens is 240 g/mol. The number of rotatable bonds is 3. The first-order valence-corrected chi connectivity index (χ1v) is 6.30. The molecule has 0 radical (unpaired) electrons. The lowest BCUT2D eigenvalue weighted by atomic mass is 10.1. The maximum absolute atomic E-state index is 11.1. The molecular formula is C16H14O3. The van der Waals surface area contributed by atoms with Crippen LogP contribution in [0.1, 0.15) is 6.42 Å². The molecule has 3 heteroatoms. The topological polar surface area (TPSA) is 35.5 Å². The molecule has 0 aromatic heterocycles. The zero-order valence-corrected chi connectivity index (χ0v) is 10.4. The number of cyclic esters (lactones) is 1. The third-order valence-electron chi connectivity index (χ3n) is 3.11. The molecule has 0 unspecified atom stereocenters. The second-order valence-electron chi connectivity index (χ2n) is 4.49. The molecule has 0 bridgehead atoms. The fraction of sp³-hybridized carbons (Fsp3) is 0.188. The predicted molar refractivity (Wildman–Crippen MR) is 73.1 cm³/mol. The number of fused-ring (bicyclic) bond motifs is 1.